The van der Waals surface area contributed by atoms with Crippen LogP contribution in [0, 0.1) is 5.41 Å². The minimum absolute atomic E-state index is 0.106. The Morgan fingerprint density at radius 3 is 2.56 bits per heavy atom. The van der Waals surface area contributed by atoms with Crippen LogP contribution < -0.4 is 5.32 Å². The van der Waals surface area contributed by atoms with E-state index in [0.717, 1.165) is 32.4 Å². The Bertz CT molecular complexity index is 353. The predicted molar refractivity (Wildman–Crippen MR) is 74.5 cm³/mol. The summed E-state index contributed by atoms with van der Waals surface area (Å²) in [4.78, 5) is 0. The Balaban J connectivity index is 2.56. The molecule has 4 nitrogen and oxygen atoms in total. The molecule has 0 spiro atoms. The molecule has 1 fully saturated rings. The molecule has 0 aliphatic carbocycles. The first-order valence-corrected chi connectivity index (χ1v) is 8.84. The standard InChI is InChI=1S/C13H27NO3S/c1-11(2)14-10-13(7-8-17-12(13)3)6-5-9-18(4,15)16/h11-12,14H,5-10H2,1-4H3. The quantitative estimate of drug-likeness (QED) is 0.768. The Labute approximate surface area is 111 Å². The minimum Gasteiger partial charge on any atom is -0.378 e. The van der Waals surface area contributed by atoms with Gasteiger partial charge in [-0.3, -0.25) is 0 Å². The molecule has 18 heavy (non-hydrogen) atoms. The van der Waals surface area contributed by atoms with Gasteiger partial charge in [-0.05, 0) is 26.2 Å². The van der Waals surface area contributed by atoms with Gasteiger partial charge in [-0.15, -0.1) is 0 Å². The maximum atomic E-state index is 11.2. The van der Waals surface area contributed by atoms with Gasteiger partial charge in [0.1, 0.15) is 9.84 Å². The summed E-state index contributed by atoms with van der Waals surface area (Å²) in [6.07, 6.45) is 4.19. The lowest BCUT2D eigenvalue weighted by molar-refractivity contribution is 0.0572. The molecule has 0 aromatic rings. The van der Waals surface area contributed by atoms with Gasteiger partial charge in [0.05, 0.1) is 6.10 Å². The largest absolute Gasteiger partial charge is 0.378 e. The lowest BCUT2D eigenvalue weighted by atomic mass is 9.77. The molecule has 1 rings (SSSR count). The summed E-state index contributed by atoms with van der Waals surface area (Å²) in [5, 5.41) is 3.48. The summed E-state index contributed by atoms with van der Waals surface area (Å²) >= 11 is 0. The van der Waals surface area contributed by atoms with Crippen molar-refractivity contribution in [2.75, 3.05) is 25.2 Å². The van der Waals surface area contributed by atoms with E-state index >= 15 is 0 Å². The third kappa shape index (κ3) is 4.86. The Morgan fingerprint density at radius 2 is 2.11 bits per heavy atom. The van der Waals surface area contributed by atoms with E-state index in [2.05, 4.69) is 26.1 Å². The average molecular weight is 277 g/mol. The van der Waals surface area contributed by atoms with Crippen molar-refractivity contribution in [1.29, 1.82) is 0 Å². The van der Waals surface area contributed by atoms with Crippen molar-refractivity contribution in [3.05, 3.63) is 0 Å². The Kier molecular flexibility index (Phi) is 5.62. The predicted octanol–water partition coefficient (Wildman–Crippen LogP) is 1.60. The van der Waals surface area contributed by atoms with Crippen LogP contribution in [0.4, 0.5) is 0 Å². The molecule has 1 aliphatic heterocycles. The van der Waals surface area contributed by atoms with Gasteiger partial charge in [-0.1, -0.05) is 13.8 Å². The van der Waals surface area contributed by atoms with Crippen LogP contribution in [0.25, 0.3) is 0 Å². The fraction of sp³-hybridized carbons (Fsp3) is 1.00. The molecular formula is C13H27NO3S. The van der Waals surface area contributed by atoms with Gasteiger partial charge in [0.15, 0.2) is 0 Å². The zero-order valence-electron chi connectivity index (χ0n) is 12.0. The molecule has 108 valence electrons. The van der Waals surface area contributed by atoms with Gasteiger partial charge in [-0.2, -0.15) is 0 Å². The summed E-state index contributed by atoms with van der Waals surface area (Å²) in [7, 11) is -2.85. The van der Waals surface area contributed by atoms with Crippen molar-refractivity contribution in [2.24, 2.45) is 5.41 Å². The molecule has 0 saturated carbocycles. The number of hydrogen-bond donors (Lipinski definition) is 1. The van der Waals surface area contributed by atoms with Crippen LogP contribution >= 0.6 is 0 Å². The number of ether oxygens (including phenoxy) is 1. The van der Waals surface area contributed by atoms with Crippen molar-refractivity contribution in [3.8, 4) is 0 Å². The molecule has 1 aliphatic rings. The summed E-state index contributed by atoms with van der Waals surface area (Å²) in [6, 6.07) is 0.449. The fourth-order valence-electron chi connectivity index (χ4n) is 2.56. The van der Waals surface area contributed by atoms with Crippen molar-refractivity contribution in [1.82, 2.24) is 5.32 Å². The van der Waals surface area contributed by atoms with Crippen LogP contribution in [0.1, 0.15) is 40.0 Å². The topological polar surface area (TPSA) is 55.4 Å². The summed E-state index contributed by atoms with van der Waals surface area (Å²) < 4.78 is 28.1. The first-order valence-electron chi connectivity index (χ1n) is 6.78. The van der Waals surface area contributed by atoms with E-state index in [0.29, 0.717) is 6.04 Å². The van der Waals surface area contributed by atoms with E-state index in [-0.39, 0.29) is 17.3 Å². The number of sulfone groups is 1. The number of hydrogen-bond acceptors (Lipinski definition) is 4. The van der Waals surface area contributed by atoms with E-state index in [1.54, 1.807) is 0 Å². The average Bonchev–Trinajstić information content (AvgIpc) is 2.56. The SMILES string of the molecule is CC(C)NCC1(CCCS(C)(=O)=O)CCOC1C. The molecular weight excluding hydrogens is 250 g/mol. The van der Waals surface area contributed by atoms with E-state index in [9.17, 15) is 8.42 Å². The minimum atomic E-state index is -2.85. The van der Waals surface area contributed by atoms with E-state index in [1.807, 2.05) is 0 Å². The van der Waals surface area contributed by atoms with Gasteiger partial charge in [0.25, 0.3) is 0 Å². The first kappa shape index (κ1) is 15.9. The molecule has 2 unspecified atom stereocenters. The molecule has 1 N–H and O–H groups in total. The zero-order valence-corrected chi connectivity index (χ0v) is 12.8. The molecule has 0 amide bonds. The second-order valence-corrected chi connectivity index (χ2v) is 8.15. The Hall–Kier alpha value is -0.130. The second-order valence-electron chi connectivity index (χ2n) is 5.89. The van der Waals surface area contributed by atoms with Crippen molar-refractivity contribution in [2.45, 2.75) is 52.2 Å². The third-order valence-electron chi connectivity index (χ3n) is 3.88. The maximum absolute atomic E-state index is 11.2. The van der Waals surface area contributed by atoms with E-state index < -0.39 is 9.84 Å². The van der Waals surface area contributed by atoms with Crippen LogP contribution in [0.2, 0.25) is 0 Å². The van der Waals surface area contributed by atoms with Crippen LogP contribution in [0.5, 0.6) is 0 Å². The molecule has 0 radical (unpaired) electrons. The van der Waals surface area contributed by atoms with Crippen LogP contribution in [0.15, 0.2) is 0 Å². The van der Waals surface area contributed by atoms with Gasteiger partial charge >= 0.3 is 0 Å². The van der Waals surface area contributed by atoms with Gasteiger partial charge in [0, 0.05) is 36.6 Å². The molecule has 0 aromatic heterocycles. The van der Waals surface area contributed by atoms with Gasteiger partial charge in [0.2, 0.25) is 0 Å². The van der Waals surface area contributed by atoms with E-state index in [1.165, 1.54) is 6.26 Å². The van der Waals surface area contributed by atoms with Crippen LogP contribution in [-0.2, 0) is 14.6 Å². The maximum Gasteiger partial charge on any atom is 0.147 e. The van der Waals surface area contributed by atoms with Crippen molar-refractivity contribution in [3.63, 3.8) is 0 Å². The highest BCUT2D eigenvalue weighted by molar-refractivity contribution is 7.90. The fourth-order valence-corrected chi connectivity index (χ4v) is 3.23. The molecule has 0 aromatic carbocycles. The number of nitrogens with one attached hydrogen (secondary N) is 1. The van der Waals surface area contributed by atoms with E-state index in [4.69, 9.17) is 4.74 Å². The molecule has 1 saturated heterocycles. The molecule has 1 heterocycles. The normalized spacial score (nSPS) is 29.1. The highest BCUT2D eigenvalue weighted by Crippen LogP contribution is 2.38. The number of rotatable bonds is 7. The lowest BCUT2D eigenvalue weighted by Crippen LogP contribution is -2.42. The lowest BCUT2D eigenvalue weighted by Gasteiger charge is -2.33. The molecule has 0 bridgehead atoms. The summed E-state index contributed by atoms with van der Waals surface area (Å²) in [5.74, 6) is 0.281. The third-order valence-corrected chi connectivity index (χ3v) is 4.91. The Morgan fingerprint density at radius 1 is 1.44 bits per heavy atom. The molecule has 5 heteroatoms. The highest BCUT2D eigenvalue weighted by Gasteiger charge is 2.40. The van der Waals surface area contributed by atoms with Crippen LogP contribution in [-0.4, -0.2) is 45.7 Å². The summed E-state index contributed by atoms with van der Waals surface area (Å²) in [5.41, 5.74) is 0.106. The highest BCUT2D eigenvalue weighted by atomic mass is 32.2. The zero-order chi connectivity index (χ0) is 13.8. The van der Waals surface area contributed by atoms with Crippen molar-refractivity contribution >= 4 is 9.84 Å². The van der Waals surface area contributed by atoms with Gasteiger partial charge in [-0.25, -0.2) is 8.42 Å². The van der Waals surface area contributed by atoms with Crippen LogP contribution in [0.3, 0.4) is 0 Å². The monoisotopic (exact) mass is 277 g/mol. The summed E-state index contributed by atoms with van der Waals surface area (Å²) in [6.45, 7) is 8.07. The molecule has 2 atom stereocenters. The van der Waals surface area contributed by atoms with Gasteiger partial charge < -0.3 is 10.1 Å². The van der Waals surface area contributed by atoms with Crippen molar-refractivity contribution < 1.29 is 13.2 Å². The smallest absolute Gasteiger partial charge is 0.147 e. The second kappa shape index (κ2) is 6.35. The first-order chi connectivity index (χ1) is 8.25.